The van der Waals surface area contributed by atoms with Gasteiger partial charge in [0, 0.05) is 50.2 Å². The first kappa shape index (κ1) is 17.3. The number of likely N-dealkylation sites (tertiary alicyclic amines) is 1. The number of carbonyl (C=O) groups is 1. The lowest BCUT2D eigenvalue weighted by Gasteiger charge is -2.34. The maximum absolute atomic E-state index is 12.8. The van der Waals surface area contributed by atoms with Crippen LogP contribution in [0.25, 0.3) is 0 Å². The summed E-state index contributed by atoms with van der Waals surface area (Å²) in [7, 11) is 0. The van der Waals surface area contributed by atoms with Gasteiger partial charge in [0.2, 0.25) is 0 Å². The van der Waals surface area contributed by atoms with Gasteiger partial charge in [-0.25, -0.2) is 4.98 Å². The molecule has 6 nitrogen and oxygen atoms in total. The Morgan fingerprint density at radius 2 is 2.12 bits per heavy atom. The van der Waals surface area contributed by atoms with Crippen LogP contribution < -0.4 is 0 Å². The van der Waals surface area contributed by atoms with Gasteiger partial charge in [-0.05, 0) is 51.5 Å². The van der Waals surface area contributed by atoms with E-state index in [2.05, 4.69) is 21.6 Å². The Hall–Kier alpha value is -2.11. The van der Waals surface area contributed by atoms with Crippen LogP contribution in [0.4, 0.5) is 0 Å². The second kappa shape index (κ2) is 7.25. The van der Waals surface area contributed by atoms with E-state index in [4.69, 9.17) is 0 Å². The summed E-state index contributed by atoms with van der Waals surface area (Å²) in [6.07, 6.45) is 10.0. The number of aromatic nitrogens is 4. The Morgan fingerprint density at radius 3 is 2.81 bits per heavy atom. The van der Waals surface area contributed by atoms with E-state index in [1.165, 1.54) is 37.2 Å². The molecule has 2 aromatic heterocycles. The normalized spacial score (nSPS) is 21.0. The Morgan fingerprint density at radius 1 is 1.27 bits per heavy atom. The molecule has 0 aromatic carbocycles. The zero-order valence-corrected chi connectivity index (χ0v) is 15.9. The minimum Gasteiger partial charge on any atom is -0.337 e. The van der Waals surface area contributed by atoms with Crippen molar-refractivity contribution in [2.75, 3.05) is 13.1 Å². The molecule has 1 saturated carbocycles. The monoisotopic (exact) mass is 355 g/mol. The molecule has 0 N–H and O–H groups in total. The quantitative estimate of drug-likeness (QED) is 0.827. The first-order chi connectivity index (χ1) is 12.7. The summed E-state index contributed by atoms with van der Waals surface area (Å²) in [4.78, 5) is 19.5. The van der Waals surface area contributed by atoms with Crippen LogP contribution in [0.1, 0.15) is 67.0 Å². The molecule has 1 saturated heterocycles. The van der Waals surface area contributed by atoms with E-state index in [0.29, 0.717) is 17.5 Å². The Balaban J connectivity index is 1.44. The van der Waals surface area contributed by atoms with Gasteiger partial charge < -0.3 is 9.47 Å². The molecule has 1 atom stereocenters. The first-order valence-electron chi connectivity index (χ1n) is 10.0. The number of rotatable bonds is 5. The van der Waals surface area contributed by atoms with E-state index in [1.54, 1.807) is 0 Å². The smallest absolute Gasteiger partial charge is 0.274 e. The molecule has 140 valence electrons. The highest BCUT2D eigenvalue weighted by Crippen LogP contribution is 2.36. The lowest BCUT2D eigenvalue weighted by Crippen LogP contribution is -2.41. The highest BCUT2D eigenvalue weighted by molar-refractivity contribution is 5.92. The van der Waals surface area contributed by atoms with Crippen LogP contribution in [0.5, 0.6) is 0 Å². The fourth-order valence-corrected chi connectivity index (χ4v) is 4.18. The van der Waals surface area contributed by atoms with Crippen molar-refractivity contribution >= 4 is 5.91 Å². The number of piperidine rings is 1. The average Bonchev–Trinajstić information content (AvgIpc) is 3.22. The fraction of sp³-hybridized carbons (Fsp3) is 0.650. The molecular formula is C20H29N5O. The van der Waals surface area contributed by atoms with Gasteiger partial charge in [-0.1, -0.05) is 6.42 Å². The number of nitrogens with zero attached hydrogens (tertiary/aromatic N) is 5. The Labute approximate surface area is 155 Å². The number of imidazole rings is 1. The molecule has 6 heteroatoms. The molecule has 26 heavy (non-hydrogen) atoms. The molecule has 3 heterocycles. The lowest BCUT2D eigenvalue weighted by molar-refractivity contribution is 0.0654. The van der Waals surface area contributed by atoms with Gasteiger partial charge in [-0.2, -0.15) is 5.10 Å². The number of carbonyl (C=O) groups excluding carboxylic acids is 1. The molecule has 0 spiro atoms. The molecule has 0 bridgehead atoms. The first-order valence-corrected chi connectivity index (χ1v) is 10.0. The highest BCUT2D eigenvalue weighted by Gasteiger charge is 2.29. The Bertz CT molecular complexity index is 773. The molecule has 1 amide bonds. The van der Waals surface area contributed by atoms with Gasteiger partial charge in [0.15, 0.2) is 0 Å². The van der Waals surface area contributed by atoms with Crippen molar-refractivity contribution < 1.29 is 4.79 Å². The van der Waals surface area contributed by atoms with Crippen LogP contribution in [0, 0.1) is 12.8 Å². The molecular weight excluding hydrogens is 326 g/mol. The van der Waals surface area contributed by atoms with Gasteiger partial charge in [-0.3, -0.25) is 9.48 Å². The van der Waals surface area contributed by atoms with Crippen molar-refractivity contribution in [3.8, 4) is 0 Å². The maximum atomic E-state index is 12.8. The van der Waals surface area contributed by atoms with Crippen molar-refractivity contribution in [1.82, 2.24) is 24.2 Å². The molecule has 1 aliphatic carbocycles. The van der Waals surface area contributed by atoms with Crippen LogP contribution >= 0.6 is 0 Å². The van der Waals surface area contributed by atoms with Gasteiger partial charge in [0.1, 0.15) is 11.5 Å². The average molecular weight is 355 g/mol. The van der Waals surface area contributed by atoms with Crippen LogP contribution in [0.15, 0.2) is 18.5 Å². The molecule has 1 unspecified atom stereocenters. The number of hydrogen-bond acceptors (Lipinski definition) is 3. The fourth-order valence-electron chi connectivity index (χ4n) is 4.18. The summed E-state index contributed by atoms with van der Waals surface area (Å²) >= 11 is 0. The third-order valence-corrected chi connectivity index (χ3v) is 5.99. The van der Waals surface area contributed by atoms with Gasteiger partial charge >= 0.3 is 0 Å². The van der Waals surface area contributed by atoms with E-state index in [-0.39, 0.29) is 5.91 Å². The van der Waals surface area contributed by atoms with Gasteiger partial charge in [0.05, 0.1) is 0 Å². The highest BCUT2D eigenvalue weighted by atomic mass is 16.2. The molecule has 4 rings (SSSR count). The predicted octanol–water partition coefficient (Wildman–Crippen LogP) is 3.23. The SMILES string of the molecule is CCn1ccc(C(=O)N2CCCC(Cn3c(C)cnc3C3CCC3)C2)n1. The van der Waals surface area contributed by atoms with Crippen molar-refractivity contribution in [3.05, 3.63) is 35.7 Å². The van der Waals surface area contributed by atoms with Crippen LogP contribution in [-0.4, -0.2) is 43.2 Å². The van der Waals surface area contributed by atoms with E-state index >= 15 is 0 Å². The minimum atomic E-state index is 0.0727. The molecule has 2 aliphatic rings. The summed E-state index contributed by atoms with van der Waals surface area (Å²) < 4.78 is 4.22. The molecule has 2 fully saturated rings. The largest absolute Gasteiger partial charge is 0.337 e. The molecule has 2 aromatic rings. The minimum absolute atomic E-state index is 0.0727. The zero-order chi connectivity index (χ0) is 18.1. The third kappa shape index (κ3) is 3.29. The summed E-state index contributed by atoms with van der Waals surface area (Å²) in [6.45, 7) is 7.61. The van der Waals surface area contributed by atoms with Crippen LogP contribution in [0.3, 0.4) is 0 Å². The maximum Gasteiger partial charge on any atom is 0.274 e. The Kier molecular flexibility index (Phi) is 4.83. The van der Waals surface area contributed by atoms with Crippen molar-refractivity contribution in [1.29, 1.82) is 0 Å². The summed E-state index contributed by atoms with van der Waals surface area (Å²) in [6, 6.07) is 1.84. The third-order valence-electron chi connectivity index (χ3n) is 5.99. The van der Waals surface area contributed by atoms with Crippen molar-refractivity contribution in [3.63, 3.8) is 0 Å². The number of aryl methyl sites for hydroxylation is 2. The number of amides is 1. The van der Waals surface area contributed by atoms with E-state index in [9.17, 15) is 4.79 Å². The summed E-state index contributed by atoms with van der Waals surface area (Å²) in [5, 5.41) is 4.38. The zero-order valence-electron chi connectivity index (χ0n) is 15.9. The summed E-state index contributed by atoms with van der Waals surface area (Å²) in [5.74, 6) is 2.47. The predicted molar refractivity (Wildman–Crippen MR) is 100 cm³/mol. The second-order valence-electron chi connectivity index (χ2n) is 7.81. The van der Waals surface area contributed by atoms with E-state index in [0.717, 1.165) is 32.6 Å². The second-order valence-corrected chi connectivity index (χ2v) is 7.81. The van der Waals surface area contributed by atoms with Gasteiger partial charge in [0.25, 0.3) is 5.91 Å². The van der Waals surface area contributed by atoms with E-state index < -0.39 is 0 Å². The lowest BCUT2D eigenvalue weighted by atomic mass is 9.84. The molecule has 0 radical (unpaired) electrons. The summed E-state index contributed by atoms with van der Waals surface area (Å²) in [5.41, 5.74) is 1.82. The van der Waals surface area contributed by atoms with E-state index in [1.807, 2.05) is 35.0 Å². The van der Waals surface area contributed by atoms with Crippen molar-refractivity contribution in [2.24, 2.45) is 5.92 Å². The van der Waals surface area contributed by atoms with Crippen LogP contribution in [-0.2, 0) is 13.1 Å². The molecule has 1 aliphatic heterocycles. The standard InChI is InChI=1S/C20H29N5O/c1-3-24-11-9-18(22-24)20(26)23-10-5-6-16(13-23)14-25-15(2)12-21-19(25)17-7-4-8-17/h9,11-12,16-17H,3-8,10,13-14H2,1-2H3. The van der Waals surface area contributed by atoms with Crippen molar-refractivity contribution in [2.45, 2.75) is 65.0 Å². The van der Waals surface area contributed by atoms with Crippen LogP contribution in [0.2, 0.25) is 0 Å². The number of hydrogen-bond donors (Lipinski definition) is 0. The van der Waals surface area contributed by atoms with Gasteiger partial charge in [-0.15, -0.1) is 0 Å². The topological polar surface area (TPSA) is 56.0 Å².